The van der Waals surface area contributed by atoms with Crippen LogP contribution in [0, 0.1) is 0 Å². The number of hydrogen-bond donors (Lipinski definition) is 2. The lowest BCUT2D eigenvalue weighted by atomic mass is 9.74. The summed E-state index contributed by atoms with van der Waals surface area (Å²) >= 11 is 1.57. The highest BCUT2D eigenvalue weighted by molar-refractivity contribution is 7.99. The summed E-state index contributed by atoms with van der Waals surface area (Å²) in [5, 5.41) is 11.7. The summed E-state index contributed by atoms with van der Waals surface area (Å²) in [5.74, 6) is -0.127. The number of carboxylic acids is 1. The lowest BCUT2D eigenvalue weighted by molar-refractivity contribution is -0.140. The summed E-state index contributed by atoms with van der Waals surface area (Å²) in [4.78, 5) is 23.1. The molecule has 0 aromatic heterocycles. The van der Waals surface area contributed by atoms with Gasteiger partial charge in [-0.25, -0.2) is 0 Å². The largest absolute Gasteiger partial charge is 0.481 e. The monoisotopic (exact) mass is 307 g/mol. The van der Waals surface area contributed by atoms with Crippen molar-refractivity contribution in [3.05, 3.63) is 35.9 Å². The highest BCUT2D eigenvalue weighted by Gasteiger charge is 2.40. The fourth-order valence-corrected chi connectivity index (χ4v) is 3.32. The first-order valence-corrected chi connectivity index (χ1v) is 8.25. The Morgan fingerprint density at radius 3 is 2.52 bits per heavy atom. The molecule has 0 aliphatic heterocycles. The zero-order valence-corrected chi connectivity index (χ0v) is 13.0. The van der Waals surface area contributed by atoms with Crippen molar-refractivity contribution in [2.75, 3.05) is 0 Å². The molecule has 1 aromatic rings. The second-order valence-corrected chi connectivity index (χ2v) is 6.96. The average molecular weight is 307 g/mol. The standard InChI is InChI=1S/C16H21NO3S/c1-12(21-11-13-6-3-2-4-7-13)15(20)17-16(8-5-9-16)10-14(18)19/h2-4,6-7,12H,5,8-11H2,1H3,(H,17,20)(H,18,19). The van der Waals surface area contributed by atoms with Gasteiger partial charge in [0.1, 0.15) is 0 Å². The van der Waals surface area contributed by atoms with Gasteiger partial charge in [0.2, 0.25) is 5.91 Å². The van der Waals surface area contributed by atoms with E-state index in [9.17, 15) is 9.59 Å². The normalized spacial score (nSPS) is 17.6. The number of carboxylic acid groups (broad SMARTS) is 1. The number of amides is 1. The van der Waals surface area contributed by atoms with E-state index in [2.05, 4.69) is 5.32 Å². The molecule has 5 heteroatoms. The van der Waals surface area contributed by atoms with Crippen LogP contribution >= 0.6 is 11.8 Å². The van der Waals surface area contributed by atoms with Crippen molar-refractivity contribution < 1.29 is 14.7 Å². The zero-order chi connectivity index (χ0) is 15.3. The van der Waals surface area contributed by atoms with Crippen LogP contribution in [0.25, 0.3) is 0 Å². The van der Waals surface area contributed by atoms with Crippen LogP contribution in [0.15, 0.2) is 30.3 Å². The van der Waals surface area contributed by atoms with Gasteiger partial charge in [0.05, 0.1) is 17.2 Å². The minimum absolute atomic E-state index is 0.0226. The van der Waals surface area contributed by atoms with Crippen LogP contribution in [-0.2, 0) is 15.3 Å². The van der Waals surface area contributed by atoms with Crippen molar-refractivity contribution in [2.24, 2.45) is 0 Å². The van der Waals surface area contributed by atoms with Crippen LogP contribution in [0.3, 0.4) is 0 Å². The average Bonchev–Trinajstić information content (AvgIpc) is 2.42. The first-order valence-electron chi connectivity index (χ1n) is 7.20. The van der Waals surface area contributed by atoms with Gasteiger partial charge in [0.15, 0.2) is 0 Å². The Morgan fingerprint density at radius 2 is 2.00 bits per heavy atom. The lowest BCUT2D eigenvalue weighted by Gasteiger charge is -2.42. The molecule has 0 radical (unpaired) electrons. The first kappa shape index (κ1) is 15.9. The third-order valence-electron chi connectivity index (χ3n) is 3.90. The molecule has 1 unspecified atom stereocenters. The maximum absolute atomic E-state index is 12.2. The van der Waals surface area contributed by atoms with Crippen LogP contribution < -0.4 is 5.32 Å². The summed E-state index contributed by atoms with van der Waals surface area (Å²) in [7, 11) is 0. The number of aliphatic carboxylic acids is 1. The zero-order valence-electron chi connectivity index (χ0n) is 12.2. The van der Waals surface area contributed by atoms with E-state index in [-0.39, 0.29) is 17.6 Å². The molecule has 2 rings (SSSR count). The molecule has 21 heavy (non-hydrogen) atoms. The molecule has 1 amide bonds. The third-order valence-corrected chi connectivity index (χ3v) is 5.11. The molecular formula is C16H21NO3S. The van der Waals surface area contributed by atoms with Gasteiger partial charge >= 0.3 is 5.97 Å². The Morgan fingerprint density at radius 1 is 1.33 bits per heavy atom. The van der Waals surface area contributed by atoms with E-state index in [4.69, 9.17) is 5.11 Å². The van der Waals surface area contributed by atoms with E-state index in [1.807, 2.05) is 37.3 Å². The molecule has 0 spiro atoms. The van der Waals surface area contributed by atoms with Crippen LogP contribution in [0.2, 0.25) is 0 Å². The van der Waals surface area contributed by atoms with Crippen molar-refractivity contribution in [3.8, 4) is 0 Å². The predicted molar refractivity (Wildman–Crippen MR) is 84.2 cm³/mol. The van der Waals surface area contributed by atoms with Crippen LogP contribution in [0.4, 0.5) is 0 Å². The van der Waals surface area contributed by atoms with Gasteiger partial charge in [-0.05, 0) is 31.7 Å². The van der Waals surface area contributed by atoms with Crippen molar-refractivity contribution >= 4 is 23.6 Å². The topological polar surface area (TPSA) is 66.4 Å². The van der Waals surface area contributed by atoms with Gasteiger partial charge in [0.25, 0.3) is 0 Å². The van der Waals surface area contributed by atoms with Gasteiger partial charge in [-0.1, -0.05) is 30.3 Å². The van der Waals surface area contributed by atoms with Gasteiger partial charge < -0.3 is 10.4 Å². The molecule has 2 N–H and O–H groups in total. The molecule has 1 saturated carbocycles. The van der Waals surface area contributed by atoms with Gasteiger partial charge in [-0.2, -0.15) is 0 Å². The molecule has 1 atom stereocenters. The summed E-state index contributed by atoms with van der Waals surface area (Å²) in [5.41, 5.74) is 0.677. The van der Waals surface area contributed by atoms with Gasteiger partial charge in [-0.15, -0.1) is 11.8 Å². The van der Waals surface area contributed by atoms with E-state index < -0.39 is 11.5 Å². The SMILES string of the molecule is CC(SCc1ccccc1)C(=O)NC1(CC(=O)O)CCC1. The second kappa shape index (κ2) is 6.98. The van der Waals surface area contributed by atoms with Crippen molar-refractivity contribution in [2.45, 2.75) is 49.1 Å². The number of nitrogens with one attached hydrogen (secondary N) is 1. The van der Waals surface area contributed by atoms with Crippen LogP contribution in [0.1, 0.15) is 38.2 Å². The van der Waals surface area contributed by atoms with E-state index in [0.717, 1.165) is 25.0 Å². The molecule has 0 saturated heterocycles. The fourth-order valence-electron chi connectivity index (χ4n) is 2.47. The molecule has 1 fully saturated rings. The first-order chi connectivity index (χ1) is 10.0. The molecule has 1 aliphatic carbocycles. The fraction of sp³-hybridized carbons (Fsp3) is 0.500. The highest BCUT2D eigenvalue weighted by atomic mass is 32.2. The number of rotatable bonds is 7. The minimum atomic E-state index is -0.848. The Hall–Kier alpha value is -1.49. The Labute approximate surface area is 129 Å². The van der Waals surface area contributed by atoms with Crippen LogP contribution in [0.5, 0.6) is 0 Å². The molecule has 0 bridgehead atoms. The van der Waals surface area contributed by atoms with E-state index in [1.54, 1.807) is 11.8 Å². The second-order valence-electron chi connectivity index (χ2n) is 5.63. The number of carbonyl (C=O) groups is 2. The summed E-state index contributed by atoms with van der Waals surface area (Å²) in [6.45, 7) is 1.87. The summed E-state index contributed by atoms with van der Waals surface area (Å²) in [6.07, 6.45) is 2.54. The minimum Gasteiger partial charge on any atom is -0.481 e. The maximum atomic E-state index is 12.2. The maximum Gasteiger partial charge on any atom is 0.305 e. The molecule has 1 aliphatic rings. The van der Waals surface area contributed by atoms with Gasteiger partial charge in [0, 0.05) is 5.75 Å². The number of hydrogen-bond acceptors (Lipinski definition) is 3. The Bertz CT molecular complexity index is 500. The van der Waals surface area contributed by atoms with Crippen molar-refractivity contribution in [1.29, 1.82) is 0 Å². The van der Waals surface area contributed by atoms with E-state index >= 15 is 0 Å². The van der Waals surface area contributed by atoms with E-state index in [0.29, 0.717) is 0 Å². The Kier molecular flexibility index (Phi) is 5.28. The van der Waals surface area contributed by atoms with Crippen molar-refractivity contribution in [3.63, 3.8) is 0 Å². The summed E-state index contributed by atoms with van der Waals surface area (Å²) in [6, 6.07) is 10.0. The van der Waals surface area contributed by atoms with Gasteiger partial charge in [-0.3, -0.25) is 9.59 Å². The number of carbonyl (C=O) groups excluding carboxylic acids is 1. The molecule has 1 aromatic carbocycles. The summed E-state index contributed by atoms with van der Waals surface area (Å²) < 4.78 is 0. The molecular weight excluding hydrogens is 286 g/mol. The number of benzene rings is 1. The van der Waals surface area contributed by atoms with Crippen molar-refractivity contribution in [1.82, 2.24) is 5.32 Å². The molecule has 4 nitrogen and oxygen atoms in total. The Balaban J connectivity index is 1.83. The quantitative estimate of drug-likeness (QED) is 0.813. The van der Waals surface area contributed by atoms with Crippen LogP contribution in [-0.4, -0.2) is 27.8 Å². The predicted octanol–water partition coefficient (Wildman–Crippen LogP) is 2.82. The highest BCUT2D eigenvalue weighted by Crippen LogP contribution is 2.35. The molecule has 0 heterocycles. The molecule has 114 valence electrons. The van der Waals surface area contributed by atoms with E-state index in [1.165, 1.54) is 5.56 Å². The third kappa shape index (κ3) is 4.49. The number of thioether (sulfide) groups is 1. The lowest BCUT2D eigenvalue weighted by Crippen LogP contribution is -2.56. The smallest absolute Gasteiger partial charge is 0.305 e.